The quantitative estimate of drug-likeness (QED) is 0.858. The molecule has 1 heterocycles. The van der Waals surface area contributed by atoms with E-state index < -0.39 is 0 Å². The highest BCUT2D eigenvalue weighted by Crippen LogP contribution is 2.15. The van der Waals surface area contributed by atoms with Gasteiger partial charge in [0.15, 0.2) is 0 Å². The number of carbonyl (C=O) groups excluding carboxylic acids is 2. The number of alkyl halides is 1. The summed E-state index contributed by atoms with van der Waals surface area (Å²) in [5.41, 5.74) is 1.66. The predicted molar refractivity (Wildman–Crippen MR) is 74.1 cm³/mol. The van der Waals surface area contributed by atoms with Crippen molar-refractivity contribution >= 4 is 23.4 Å². The molecule has 1 saturated heterocycles. The lowest BCUT2D eigenvalue weighted by Crippen LogP contribution is -2.37. The zero-order chi connectivity index (χ0) is 13.8. The zero-order valence-corrected chi connectivity index (χ0v) is 11.6. The third kappa shape index (κ3) is 3.47. The molecule has 2 amide bonds. The molecule has 1 fully saturated rings. The van der Waals surface area contributed by atoms with Crippen LogP contribution in [0.5, 0.6) is 0 Å². The SMILES string of the molecule is CC(=O)NC1CCN(C(=O)c2ccc(CCl)cc2)C1. The van der Waals surface area contributed by atoms with Crippen molar-refractivity contribution in [1.82, 2.24) is 10.2 Å². The van der Waals surface area contributed by atoms with Gasteiger partial charge in [0.05, 0.1) is 0 Å². The summed E-state index contributed by atoms with van der Waals surface area (Å²) >= 11 is 5.72. The third-order valence-corrected chi connectivity index (χ3v) is 3.55. The van der Waals surface area contributed by atoms with Gasteiger partial charge in [0.2, 0.25) is 5.91 Å². The highest BCUT2D eigenvalue weighted by atomic mass is 35.5. The summed E-state index contributed by atoms with van der Waals surface area (Å²) in [5.74, 6) is 0.405. The molecule has 1 atom stereocenters. The zero-order valence-electron chi connectivity index (χ0n) is 10.9. The van der Waals surface area contributed by atoms with Crippen LogP contribution in [0.25, 0.3) is 0 Å². The van der Waals surface area contributed by atoms with Crippen LogP contribution in [0.15, 0.2) is 24.3 Å². The lowest BCUT2D eigenvalue weighted by Gasteiger charge is -2.17. The molecule has 0 spiro atoms. The molecular formula is C14H17ClN2O2. The van der Waals surface area contributed by atoms with Crippen LogP contribution in [0.2, 0.25) is 0 Å². The van der Waals surface area contributed by atoms with Crippen LogP contribution in [0.1, 0.15) is 29.3 Å². The van der Waals surface area contributed by atoms with Gasteiger partial charge in [-0.05, 0) is 24.1 Å². The summed E-state index contributed by atoms with van der Waals surface area (Å²) in [5, 5.41) is 2.85. The first-order chi connectivity index (χ1) is 9.10. The lowest BCUT2D eigenvalue weighted by atomic mass is 10.1. The highest BCUT2D eigenvalue weighted by Gasteiger charge is 2.27. The van der Waals surface area contributed by atoms with E-state index in [4.69, 9.17) is 11.6 Å². The molecule has 1 aliphatic heterocycles. The summed E-state index contributed by atoms with van der Waals surface area (Å²) < 4.78 is 0. The molecule has 1 aliphatic rings. The van der Waals surface area contributed by atoms with Crippen LogP contribution < -0.4 is 5.32 Å². The minimum Gasteiger partial charge on any atom is -0.352 e. The van der Waals surface area contributed by atoms with Crippen LogP contribution in [-0.2, 0) is 10.7 Å². The van der Waals surface area contributed by atoms with Gasteiger partial charge >= 0.3 is 0 Å². The number of amides is 2. The van der Waals surface area contributed by atoms with Gasteiger partial charge in [-0.15, -0.1) is 11.6 Å². The summed E-state index contributed by atoms with van der Waals surface area (Å²) in [7, 11) is 0. The van der Waals surface area contributed by atoms with Crippen LogP contribution >= 0.6 is 11.6 Å². The van der Waals surface area contributed by atoms with Crippen molar-refractivity contribution in [2.45, 2.75) is 25.3 Å². The monoisotopic (exact) mass is 280 g/mol. The molecule has 4 nitrogen and oxygen atoms in total. The van der Waals surface area contributed by atoms with Gasteiger partial charge in [-0.3, -0.25) is 9.59 Å². The van der Waals surface area contributed by atoms with Gasteiger partial charge in [-0.2, -0.15) is 0 Å². The fourth-order valence-electron chi connectivity index (χ4n) is 2.27. The van der Waals surface area contributed by atoms with Crippen molar-refractivity contribution in [2.24, 2.45) is 0 Å². The maximum Gasteiger partial charge on any atom is 0.253 e. The molecule has 0 bridgehead atoms. The Morgan fingerprint density at radius 2 is 2.05 bits per heavy atom. The standard InChI is InChI=1S/C14H17ClN2O2/c1-10(18)16-13-6-7-17(9-13)14(19)12-4-2-11(8-15)3-5-12/h2-5,13H,6-9H2,1H3,(H,16,18). The molecule has 0 radical (unpaired) electrons. The van der Waals surface area contributed by atoms with Crippen LogP contribution in [0.4, 0.5) is 0 Å². The van der Waals surface area contributed by atoms with Crippen LogP contribution in [0.3, 0.4) is 0 Å². The Morgan fingerprint density at radius 3 is 2.63 bits per heavy atom. The Labute approximate surface area is 117 Å². The van der Waals surface area contributed by atoms with Crippen molar-refractivity contribution in [3.8, 4) is 0 Å². The number of halogens is 1. The van der Waals surface area contributed by atoms with Gasteiger partial charge in [-0.1, -0.05) is 12.1 Å². The minimum absolute atomic E-state index is 0.00831. The molecule has 1 aromatic rings. The van der Waals surface area contributed by atoms with Gasteiger partial charge in [0.25, 0.3) is 5.91 Å². The molecule has 102 valence electrons. The van der Waals surface area contributed by atoms with E-state index in [-0.39, 0.29) is 17.9 Å². The number of hydrogen-bond acceptors (Lipinski definition) is 2. The number of nitrogens with one attached hydrogen (secondary N) is 1. The van der Waals surface area contributed by atoms with Crippen molar-refractivity contribution in [1.29, 1.82) is 0 Å². The van der Waals surface area contributed by atoms with Gasteiger partial charge in [0.1, 0.15) is 0 Å². The summed E-state index contributed by atoms with van der Waals surface area (Å²) in [6.07, 6.45) is 0.811. The maximum absolute atomic E-state index is 12.3. The summed E-state index contributed by atoms with van der Waals surface area (Å²) in [6.45, 7) is 2.76. The Morgan fingerprint density at radius 1 is 1.37 bits per heavy atom. The predicted octanol–water partition coefficient (Wildman–Crippen LogP) is 1.78. The number of likely N-dealkylation sites (tertiary alicyclic amines) is 1. The summed E-state index contributed by atoms with van der Waals surface area (Å²) in [6, 6.07) is 7.39. The van der Waals surface area contributed by atoms with E-state index >= 15 is 0 Å². The first kappa shape index (κ1) is 13.9. The fraction of sp³-hybridized carbons (Fsp3) is 0.429. The first-order valence-electron chi connectivity index (χ1n) is 6.31. The van der Waals surface area contributed by atoms with Crippen molar-refractivity contribution in [2.75, 3.05) is 13.1 Å². The Bertz CT molecular complexity index is 473. The second kappa shape index (κ2) is 6.06. The Kier molecular flexibility index (Phi) is 4.43. The smallest absolute Gasteiger partial charge is 0.253 e. The first-order valence-corrected chi connectivity index (χ1v) is 6.85. The number of nitrogens with zero attached hydrogens (tertiary/aromatic N) is 1. The van der Waals surface area contributed by atoms with Crippen molar-refractivity contribution in [3.63, 3.8) is 0 Å². The van der Waals surface area contributed by atoms with Crippen molar-refractivity contribution in [3.05, 3.63) is 35.4 Å². The second-order valence-electron chi connectivity index (χ2n) is 4.77. The van der Waals surface area contributed by atoms with Crippen molar-refractivity contribution < 1.29 is 9.59 Å². The third-order valence-electron chi connectivity index (χ3n) is 3.24. The summed E-state index contributed by atoms with van der Waals surface area (Å²) in [4.78, 5) is 25.0. The topological polar surface area (TPSA) is 49.4 Å². The highest BCUT2D eigenvalue weighted by molar-refractivity contribution is 6.17. The number of rotatable bonds is 3. The van der Waals surface area contributed by atoms with E-state index in [9.17, 15) is 9.59 Å². The molecule has 0 aromatic heterocycles. The molecule has 19 heavy (non-hydrogen) atoms. The number of hydrogen-bond donors (Lipinski definition) is 1. The van der Waals surface area contributed by atoms with E-state index in [2.05, 4.69) is 5.32 Å². The maximum atomic E-state index is 12.3. The average Bonchev–Trinajstić information content (AvgIpc) is 2.85. The van der Waals surface area contributed by atoms with Gasteiger partial charge < -0.3 is 10.2 Å². The van der Waals surface area contributed by atoms with Gasteiger partial charge in [-0.25, -0.2) is 0 Å². The molecule has 1 N–H and O–H groups in total. The lowest BCUT2D eigenvalue weighted by molar-refractivity contribution is -0.119. The molecule has 2 rings (SSSR count). The minimum atomic E-state index is -0.0502. The largest absolute Gasteiger partial charge is 0.352 e. The van der Waals surface area contributed by atoms with E-state index in [1.807, 2.05) is 12.1 Å². The molecule has 1 aromatic carbocycles. The molecule has 5 heteroatoms. The number of carbonyl (C=O) groups is 2. The van der Waals surface area contributed by atoms with Crippen LogP contribution in [-0.4, -0.2) is 35.8 Å². The normalized spacial score (nSPS) is 18.4. The van der Waals surface area contributed by atoms with E-state index in [1.165, 1.54) is 6.92 Å². The van der Waals surface area contributed by atoms with E-state index in [0.29, 0.717) is 24.5 Å². The number of benzene rings is 1. The van der Waals surface area contributed by atoms with Crippen LogP contribution in [0, 0.1) is 0 Å². The molecule has 1 unspecified atom stereocenters. The Hall–Kier alpha value is -1.55. The van der Waals surface area contributed by atoms with E-state index in [0.717, 1.165) is 12.0 Å². The Balaban J connectivity index is 1.98. The molecule has 0 saturated carbocycles. The fourth-order valence-corrected chi connectivity index (χ4v) is 2.45. The van der Waals surface area contributed by atoms with Gasteiger partial charge in [0, 0.05) is 37.5 Å². The van der Waals surface area contributed by atoms with E-state index in [1.54, 1.807) is 17.0 Å². The molecular weight excluding hydrogens is 264 g/mol. The molecule has 0 aliphatic carbocycles. The second-order valence-corrected chi connectivity index (χ2v) is 5.04. The average molecular weight is 281 g/mol.